The van der Waals surface area contributed by atoms with Crippen molar-refractivity contribution in [3.05, 3.63) is 0 Å². The minimum absolute atomic E-state index is 0.424. The first-order valence-corrected chi connectivity index (χ1v) is 8.19. The number of rotatable bonds is 5. The minimum Gasteiger partial charge on any atom is -0.271 e. The Morgan fingerprint density at radius 1 is 1.16 bits per heavy atom. The van der Waals surface area contributed by atoms with Crippen LogP contribution in [0.2, 0.25) is 0 Å². The summed E-state index contributed by atoms with van der Waals surface area (Å²) < 4.78 is 0. The topological polar surface area (TPSA) is 38.0 Å². The predicted octanol–water partition coefficient (Wildman–Crippen LogP) is 4.35. The summed E-state index contributed by atoms with van der Waals surface area (Å²) in [5, 5.41) is 0. The van der Waals surface area contributed by atoms with Gasteiger partial charge in [-0.25, -0.2) is 0 Å². The molecule has 1 aliphatic rings. The molecular formula is C17H36N2. The molecule has 2 heteroatoms. The average molecular weight is 268 g/mol. The number of nitrogens with one attached hydrogen (secondary N) is 1. The van der Waals surface area contributed by atoms with E-state index in [2.05, 4.69) is 47.0 Å². The molecule has 0 aliphatic heterocycles. The van der Waals surface area contributed by atoms with Crippen LogP contribution in [0.5, 0.6) is 0 Å². The van der Waals surface area contributed by atoms with Crippen molar-refractivity contribution in [3.8, 4) is 0 Å². The highest BCUT2D eigenvalue weighted by atomic mass is 15.2. The zero-order valence-corrected chi connectivity index (χ0v) is 14.0. The van der Waals surface area contributed by atoms with Gasteiger partial charge in [-0.1, -0.05) is 48.0 Å². The Morgan fingerprint density at radius 3 is 2.26 bits per heavy atom. The Kier molecular flexibility index (Phi) is 6.32. The van der Waals surface area contributed by atoms with Crippen molar-refractivity contribution in [1.82, 2.24) is 5.43 Å². The summed E-state index contributed by atoms with van der Waals surface area (Å²) in [6.07, 6.45) is 6.57. The van der Waals surface area contributed by atoms with E-state index >= 15 is 0 Å². The smallest absolute Gasteiger partial charge is 0.0241 e. The van der Waals surface area contributed by atoms with Crippen LogP contribution in [0.4, 0.5) is 0 Å². The van der Waals surface area contributed by atoms with Crippen LogP contribution in [0.1, 0.15) is 73.6 Å². The Hall–Kier alpha value is -0.0800. The van der Waals surface area contributed by atoms with Crippen molar-refractivity contribution in [1.29, 1.82) is 0 Å². The maximum atomic E-state index is 5.85. The van der Waals surface area contributed by atoms with Gasteiger partial charge in [0, 0.05) is 6.04 Å². The minimum atomic E-state index is 0.424. The van der Waals surface area contributed by atoms with E-state index < -0.39 is 0 Å². The van der Waals surface area contributed by atoms with Crippen LogP contribution >= 0.6 is 0 Å². The molecule has 0 bridgehead atoms. The lowest BCUT2D eigenvalue weighted by molar-refractivity contribution is 0.151. The van der Waals surface area contributed by atoms with Crippen LogP contribution in [0.25, 0.3) is 0 Å². The normalized spacial score (nSPS) is 32.1. The van der Waals surface area contributed by atoms with Crippen molar-refractivity contribution in [2.24, 2.45) is 34.9 Å². The van der Waals surface area contributed by atoms with Crippen LogP contribution in [0, 0.1) is 29.1 Å². The monoisotopic (exact) mass is 268 g/mol. The molecule has 1 fully saturated rings. The molecule has 114 valence electrons. The molecule has 5 unspecified atom stereocenters. The summed E-state index contributed by atoms with van der Waals surface area (Å²) in [5.74, 6) is 9.11. The van der Waals surface area contributed by atoms with Gasteiger partial charge in [-0.2, -0.15) is 0 Å². The van der Waals surface area contributed by atoms with E-state index in [1.165, 1.54) is 32.1 Å². The standard InChI is InChI=1S/C17H36N2/c1-12(11-17(4,5)6)9-16(19-18)15-8-7-13(2)14(3)10-15/h12-16,19H,7-11,18H2,1-6H3. The maximum Gasteiger partial charge on any atom is 0.0241 e. The fraction of sp³-hybridized carbons (Fsp3) is 1.00. The van der Waals surface area contributed by atoms with E-state index in [0.29, 0.717) is 11.5 Å². The first kappa shape index (κ1) is 17.0. The zero-order chi connectivity index (χ0) is 14.6. The molecule has 0 heterocycles. The maximum absolute atomic E-state index is 5.85. The van der Waals surface area contributed by atoms with Crippen molar-refractivity contribution in [2.75, 3.05) is 0 Å². The summed E-state index contributed by atoms with van der Waals surface area (Å²) in [4.78, 5) is 0. The summed E-state index contributed by atoms with van der Waals surface area (Å²) in [6, 6.07) is 0.507. The van der Waals surface area contributed by atoms with E-state index in [0.717, 1.165) is 23.7 Å². The van der Waals surface area contributed by atoms with E-state index in [-0.39, 0.29) is 0 Å². The number of hydrogen-bond acceptors (Lipinski definition) is 2. The van der Waals surface area contributed by atoms with E-state index in [9.17, 15) is 0 Å². The fourth-order valence-electron chi connectivity index (χ4n) is 3.91. The van der Waals surface area contributed by atoms with Gasteiger partial charge in [0.15, 0.2) is 0 Å². The number of hydrazine groups is 1. The van der Waals surface area contributed by atoms with E-state index in [1.54, 1.807) is 0 Å². The molecule has 0 radical (unpaired) electrons. The largest absolute Gasteiger partial charge is 0.271 e. The molecule has 19 heavy (non-hydrogen) atoms. The van der Waals surface area contributed by atoms with Crippen LogP contribution in [0.15, 0.2) is 0 Å². The third-order valence-corrected chi connectivity index (χ3v) is 5.04. The van der Waals surface area contributed by atoms with Gasteiger partial charge in [-0.05, 0) is 54.8 Å². The summed E-state index contributed by atoms with van der Waals surface area (Å²) in [5.41, 5.74) is 3.55. The third-order valence-electron chi connectivity index (χ3n) is 5.04. The molecule has 0 spiro atoms. The lowest BCUT2D eigenvalue weighted by atomic mass is 9.71. The molecule has 0 amide bonds. The molecule has 3 N–H and O–H groups in total. The van der Waals surface area contributed by atoms with Crippen LogP contribution in [-0.4, -0.2) is 6.04 Å². The molecule has 5 atom stereocenters. The lowest BCUT2D eigenvalue weighted by Crippen LogP contribution is -2.44. The highest BCUT2D eigenvalue weighted by Crippen LogP contribution is 2.37. The molecule has 1 rings (SSSR count). The summed E-state index contributed by atoms with van der Waals surface area (Å²) >= 11 is 0. The SMILES string of the molecule is CC(CC(NN)C1CCC(C)C(C)C1)CC(C)(C)C. The van der Waals surface area contributed by atoms with Crippen molar-refractivity contribution in [2.45, 2.75) is 79.7 Å². The first-order valence-electron chi connectivity index (χ1n) is 8.19. The second-order valence-corrected chi connectivity index (χ2v) is 8.41. The third kappa shape index (κ3) is 5.83. The van der Waals surface area contributed by atoms with Gasteiger partial charge < -0.3 is 0 Å². The highest BCUT2D eigenvalue weighted by molar-refractivity contribution is 4.84. The van der Waals surface area contributed by atoms with Crippen molar-refractivity contribution < 1.29 is 0 Å². The highest BCUT2D eigenvalue weighted by Gasteiger charge is 2.31. The van der Waals surface area contributed by atoms with Gasteiger partial charge >= 0.3 is 0 Å². The van der Waals surface area contributed by atoms with Gasteiger partial charge in [-0.3, -0.25) is 11.3 Å². The van der Waals surface area contributed by atoms with E-state index in [4.69, 9.17) is 5.84 Å². The fourth-order valence-corrected chi connectivity index (χ4v) is 3.91. The van der Waals surface area contributed by atoms with Crippen molar-refractivity contribution >= 4 is 0 Å². The first-order chi connectivity index (χ1) is 8.73. The van der Waals surface area contributed by atoms with Crippen LogP contribution < -0.4 is 11.3 Å². The quantitative estimate of drug-likeness (QED) is 0.574. The second-order valence-electron chi connectivity index (χ2n) is 8.41. The van der Waals surface area contributed by atoms with Crippen LogP contribution in [0.3, 0.4) is 0 Å². The molecule has 2 nitrogen and oxygen atoms in total. The molecule has 1 aliphatic carbocycles. The lowest BCUT2D eigenvalue weighted by Gasteiger charge is -2.38. The van der Waals surface area contributed by atoms with Gasteiger partial charge in [0.2, 0.25) is 0 Å². The summed E-state index contributed by atoms with van der Waals surface area (Å²) in [7, 11) is 0. The summed E-state index contributed by atoms with van der Waals surface area (Å²) in [6.45, 7) is 14.2. The molecular weight excluding hydrogens is 232 g/mol. The molecule has 0 saturated heterocycles. The van der Waals surface area contributed by atoms with Gasteiger partial charge in [0.1, 0.15) is 0 Å². The molecule has 0 aromatic heterocycles. The Bertz CT molecular complexity index is 256. The zero-order valence-electron chi connectivity index (χ0n) is 14.0. The predicted molar refractivity (Wildman–Crippen MR) is 84.6 cm³/mol. The van der Waals surface area contributed by atoms with Gasteiger partial charge in [0.05, 0.1) is 0 Å². The number of hydrogen-bond donors (Lipinski definition) is 2. The Morgan fingerprint density at radius 2 is 1.79 bits per heavy atom. The van der Waals surface area contributed by atoms with Gasteiger partial charge in [0.25, 0.3) is 0 Å². The molecule has 0 aromatic carbocycles. The molecule has 0 aromatic rings. The van der Waals surface area contributed by atoms with Gasteiger partial charge in [-0.15, -0.1) is 0 Å². The second kappa shape index (κ2) is 7.08. The van der Waals surface area contributed by atoms with Crippen LogP contribution in [-0.2, 0) is 0 Å². The Balaban J connectivity index is 2.49. The molecule has 1 saturated carbocycles. The Labute approximate surface area is 120 Å². The van der Waals surface area contributed by atoms with Crippen molar-refractivity contribution in [3.63, 3.8) is 0 Å². The average Bonchev–Trinajstić information content (AvgIpc) is 2.27. The number of nitrogens with two attached hydrogens (primary N) is 1. The van der Waals surface area contributed by atoms with E-state index in [1.807, 2.05) is 0 Å².